The van der Waals surface area contributed by atoms with Gasteiger partial charge in [0.25, 0.3) is 0 Å². The number of hydrogen-bond donors (Lipinski definition) is 1. The van der Waals surface area contributed by atoms with Crippen LogP contribution >= 0.6 is 27.5 Å². The van der Waals surface area contributed by atoms with Crippen LogP contribution in [0.15, 0.2) is 18.2 Å². The highest BCUT2D eigenvalue weighted by Gasteiger charge is 2.07. The molecule has 1 aromatic carbocycles. The second kappa shape index (κ2) is 4.21. The summed E-state index contributed by atoms with van der Waals surface area (Å²) in [7, 11) is 0. The van der Waals surface area contributed by atoms with E-state index in [0.29, 0.717) is 10.9 Å². The summed E-state index contributed by atoms with van der Waals surface area (Å²) in [5.74, 6) is -0.470. The average molecular weight is 253 g/mol. The molecule has 0 radical (unpaired) electrons. The maximum Gasteiger partial charge on any atom is 0.141 e. The van der Waals surface area contributed by atoms with Gasteiger partial charge in [-0.2, -0.15) is 0 Å². The lowest BCUT2D eigenvalue weighted by Gasteiger charge is -2.06. The molecule has 0 spiro atoms. The molecule has 0 saturated heterocycles. The van der Waals surface area contributed by atoms with Crippen LogP contribution in [-0.2, 0) is 0 Å². The molecule has 1 N–H and O–H groups in total. The number of aliphatic hydroxyl groups is 1. The Labute approximate surface area is 83.3 Å². The van der Waals surface area contributed by atoms with Gasteiger partial charge in [0.15, 0.2) is 0 Å². The third kappa shape index (κ3) is 2.19. The van der Waals surface area contributed by atoms with Crippen LogP contribution in [0.3, 0.4) is 0 Å². The SMILES string of the molecule is O[C@@H](CBr)c1ccc(F)c(Cl)c1. The molecular weight excluding hydrogens is 246 g/mol. The molecule has 0 bridgehead atoms. The molecule has 0 saturated carbocycles. The van der Waals surface area contributed by atoms with Crippen LogP contribution in [0.25, 0.3) is 0 Å². The summed E-state index contributed by atoms with van der Waals surface area (Å²) in [6, 6.07) is 4.17. The fraction of sp³-hybridized carbons (Fsp3) is 0.250. The fourth-order valence-electron chi connectivity index (χ4n) is 0.809. The predicted molar refractivity (Wildman–Crippen MR) is 50.2 cm³/mol. The molecule has 0 aromatic heterocycles. The molecule has 1 rings (SSSR count). The summed E-state index contributed by atoms with van der Waals surface area (Å²) in [4.78, 5) is 0. The van der Waals surface area contributed by atoms with Gasteiger partial charge < -0.3 is 5.11 Å². The zero-order valence-corrected chi connectivity index (χ0v) is 8.44. The average Bonchev–Trinajstić information content (AvgIpc) is 2.08. The van der Waals surface area contributed by atoms with Crippen LogP contribution in [0.1, 0.15) is 11.7 Å². The zero-order chi connectivity index (χ0) is 9.14. The van der Waals surface area contributed by atoms with Gasteiger partial charge in [-0.25, -0.2) is 4.39 Å². The van der Waals surface area contributed by atoms with Gasteiger partial charge in [0.1, 0.15) is 5.82 Å². The first-order valence-electron chi connectivity index (χ1n) is 3.34. The number of alkyl halides is 1. The second-order valence-electron chi connectivity index (χ2n) is 2.34. The summed E-state index contributed by atoms with van der Waals surface area (Å²) in [5.41, 5.74) is 0.610. The minimum Gasteiger partial charge on any atom is -0.388 e. The first-order valence-corrected chi connectivity index (χ1v) is 4.84. The van der Waals surface area contributed by atoms with Gasteiger partial charge in [0.2, 0.25) is 0 Å². The van der Waals surface area contributed by atoms with Gasteiger partial charge in [-0.3, -0.25) is 0 Å². The molecular formula is C8H7BrClFO. The van der Waals surface area contributed by atoms with E-state index in [4.69, 9.17) is 11.6 Å². The highest BCUT2D eigenvalue weighted by Crippen LogP contribution is 2.21. The second-order valence-corrected chi connectivity index (χ2v) is 3.40. The number of rotatable bonds is 2. The molecule has 4 heteroatoms. The summed E-state index contributed by atoms with van der Waals surface area (Å²) in [6.45, 7) is 0. The van der Waals surface area contributed by atoms with Crippen molar-refractivity contribution >= 4 is 27.5 Å². The number of benzene rings is 1. The van der Waals surface area contributed by atoms with E-state index in [9.17, 15) is 9.50 Å². The van der Waals surface area contributed by atoms with Gasteiger partial charge in [-0.05, 0) is 17.7 Å². The maximum absolute atomic E-state index is 12.6. The van der Waals surface area contributed by atoms with Crippen molar-refractivity contribution in [1.82, 2.24) is 0 Å². The van der Waals surface area contributed by atoms with Crippen LogP contribution < -0.4 is 0 Å². The summed E-state index contributed by atoms with van der Waals surface area (Å²) in [6.07, 6.45) is -0.636. The monoisotopic (exact) mass is 252 g/mol. The normalized spacial score (nSPS) is 13.0. The maximum atomic E-state index is 12.6. The number of aliphatic hydroxyl groups excluding tert-OH is 1. The molecule has 66 valence electrons. The minimum absolute atomic E-state index is 0.0347. The summed E-state index contributed by atoms with van der Waals surface area (Å²) in [5, 5.41) is 9.76. The summed E-state index contributed by atoms with van der Waals surface area (Å²) >= 11 is 8.62. The van der Waals surface area contributed by atoms with Crippen molar-refractivity contribution in [3.05, 3.63) is 34.6 Å². The molecule has 0 aliphatic heterocycles. The van der Waals surface area contributed by atoms with Gasteiger partial charge in [-0.1, -0.05) is 33.6 Å². The van der Waals surface area contributed by atoms with E-state index in [-0.39, 0.29) is 5.02 Å². The third-order valence-electron chi connectivity index (χ3n) is 1.47. The zero-order valence-electron chi connectivity index (χ0n) is 6.10. The highest BCUT2D eigenvalue weighted by atomic mass is 79.9. The predicted octanol–water partition coefficient (Wildman–Crippen LogP) is 2.91. The van der Waals surface area contributed by atoms with Crippen LogP contribution in [0.5, 0.6) is 0 Å². The number of halogens is 3. The molecule has 1 nitrogen and oxygen atoms in total. The molecule has 1 aromatic rings. The van der Waals surface area contributed by atoms with Crippen LogP contribution in [0, 0.1) is 5.82 Å². The molecule has 0 heterocycles. The smallest absolute Gasteiger partial charge is 0.141 e. The van der Waals surface area contributed by atoms with Crippen LogP contribution in [-0.4, -0.2) is 10.4 Å². The molecule has 0 aliphatic rings. The quantitative estimate of drug-likeness (QED) is 0.804. The lowest BCUT2D eigenvalue weighted by Crippen LogP contribution is -1.98. The summed E-state index contributed by atoms with van der Waals surface area (Å²) < 4.78 is 12.6. The molecule has 12 heavy (non-hydrogen) atoms. The van der Waals surface area contributed by atoms with E-state index in [0.717, 1.165) is 0 Å². The fourth-order valence-corrected chi connectivity index (χ4v) is 1.37. The Hall–Kier alpha value is -0.120. The van der Waals surface area contributed by atoms with Crippen molar-refractivity contribution in [3.63, 3.8) is 0 Å². The van der Waals surface area contributed by atoms with Gasteiger partial charge in [0, 0.05) is 5.33 Å². The van der Waals surface area contributed by atoms with Gasteiger partial charge in [0.05, 0.1) is 11.1 Å². The van der Waals surface area contributed by atoms with Crippen LogP contribution in [0.4, 0.5) is 4.39 Å². The lowest BCUT2D eigenvalue weighted by atomic mass is 10.1. The third-order valence-corrected chi connectivity index (χ3v) is 2.38. The molecule has 0 amide bonds. The molecule has 0 fully saturated rings. The van der Waals surface area contributed by atoms with E-state index < -0.39 is 11.9 Å². The van der Waals surface area contributed by atoms with Crippen molar-refractivity contribution in [2.75, 3.05) is 5.33 Å². The Morgan fingerprint density at radius 3 is 2.75 bits per heavy atom. The standard InChI is InChI=1S/C8H7BrClFO/c9-4-8(12)5-1-2-7(11)6(10)3-5/h1-3,8,12H,4H2/t8-/m0/s1. The van der Waals surface area contributed by atoms with Crippen molar-refractivity contribution in [1.29, 1.82) is 0 Å². The molecule has 1 atom stereocenters. The van der Waals surface area contributed by atoms with E-state index in [1.54, 1.807) is 0 Å². The Kier molecular flexibility index (Phi) is 3.50. The number of hydrogen-bond acceptors (Lipinski definition) is 1. The van der Waals surface area contributed by atoms with E-state index in [1.165, 1.54) is 18.2 Å². The highest BCUT2D eigenvalue weighted by molar-refractivity contribution is 9.09. The van der Waals surface area contributed by atoms with E-state index in [2.05, 4.69) is 15.9 Å². The Balaban J connectivity index is 2.96. The van der Waals surface area contributed by atoms with Gasteiger partial charge in [-0.15, -0.1) is 0 Å². The van der Waals surface area contributed by atoms with Gasteiger partial charge >= 0.3 is 0 Å². The Morgan fingerprint density at radius 2 is 2.25 bits per heavy atom. The Morgan fingerprint density at radius 1 is 1.58 bits per heavy atom. The molecule has 0 unspecified atom stereocenters. The largest absolute Gasteiger partial charge is 0.388 e. The van der Waals surface area contributed by atoms with Crippen molar-refractivity contribution < 1.29 is 9.50 Å². The van der Waals surface area contributed by atoms with E-state index in [1.807, 2.05) is 0 Å². The first kappa shape index (κ1) is 9.96. The van der Waals surface area contributed by atoms with Crippen molar-refractivity contribution in [2.45, 2.75) is 6.10 Å². The molecule has 0 aliphatic carbocycles. The lowest BCUT2D eigenvalue weighted by molar-refractivity contribution is 0.205. The minimum atomic E-state index is -0.636. The first-order chi connectivity index (χ1) is 5.65. The van der Waals surface area contributed by atoms with Crippen LogP contribution in [0.2, 0.25) is 5.02 Å². The topological polar surface area (TPSA) is 20.2 Å². The van der Waals surface area contributed by atoms with E-state index >= 15 is 0 Å². The van der Waals surface area contributed by atoms with Crippen molar-refractivity contribution in [3.8, 4) is 0 Å². The Bertz CT molecular complexity index is 280. The van der Waals surface area contributed by atoms with Crippen molar-refractivity contribution in [2.24, 2.45) is 0 Å².